The van der Waals surface area contributed by atoms with Gasteiger partial charge < -0.3 is 31.9 Å². The maximum atomic E-state index is 12.8. The third kappa shape index (κ3) is 7.80. The monoisotopic (exact) mass is 422 g/mol. The summed E-state index contributed by atoms with van der Waals surface area (Å²) in [6, 6.07) is 5.26. The average molecular weight is 422 g/mol. The number of hydrogen-bond donors (Lipinski definition) is 6. The fourth-order valence-corrected chi connectivity index (χ4v) is 2.73. The topological polar surface area (TPSA) is 171 Å². The molecular weight excluding hydrogens is 392 g/mol. The van der Waals surface area contributed by atoms with Crippen molar-refractivity contribution in [1.29, 1.82) is 0 Å². The molecule has 0 aliphatic heterocycles. The number of aliphatic carboxylic acids is 1. The molecule has 1 aromatic carbocycles. The first-order valence-electron chi connectivity index (χ1n) is 9.61. The fourth-order valence-electron chi connectivity index (χ4n) is 2.73. The average Bonchev–Trinajstić information content (AvgIpc) is 2.69. The first-order valence-corrected chi connectivity index (χ1v) is 9.61. The lowest BCUT2D eigenvalue weighted by Gasteiger charge is -2.27. The van der Waals surface area contributed by atoms with E-state index >= 15 is 0 Å². The molecule has 166 valence electrons. The molecule has 10 nitrogen and oxygen atoms in total. The highest BCUT2D eigenvalue weighted by Crippen LogP contribution is 2.06. The van der Waals surface area contributed by atoms with E-state index in [4.69, 9.17) is 5.73 Å². The number of carbonyl (C=O) groups excluding carboxylic acids is 3. The van der Waals surface area contributed by atoms with Crippen molar-refractivity contribution in [2.75, 3.05) is 6.54 Å². The van der Waals surface area contributed by atoms with Gasteiger partial charge in [0.2, 0.25) is 17.7 Å². The van der Waals surface area contributed by atoms with Gasteiger partial charge in [-0.15, -0.1) is 0 Å². The van der Waals surface area contributed by atoms with Gasteiger partial charge in [-0.3, -0.25) is 14.4 Å². The Labute approximate surface area is 175 Å². The smallest absolute Gasteiger partial charge is 0.326 e. The van der Waals surface area contributed by atoms with Crippen molar-refractivity contribution in [2.24, 2.45) is 11.7 Å². The highest BCUT2D eigenvalue weighted by atomic mass is 16.4. The van der Waals surface area contributed by atoms with Gasteiger partial charge in [-0.1, -0.05) is 44.2 Å². The number of rotatable bonds is 11. The van der Waals surface area contributed by atoms with Gasteiger partial charge in [0.1, 0.15) is 18.1 Å². The normalized spacial score (nSPS) is 14.9. The van der Waals surface area contributed by atoms with Crippen LogP contribution in [0.15, 0.2) is 30.3 Å². The van der Waals surface area contributed by atoms with Gasteiger partial charge in [-0.25, -0.2) is 4.79 Å². The summed E-state index contributed by atoms with van der Waals surface area (Å²) in [6.45, 7) is 4.20. The van der Waals surface area contributed by atoms with Gasteiger partial charge in [0.05, 0.1) is 12.6 Å². The van der Waals surface area contributed by atoms with E-state index in [2.05, 4.69) is 16.0 Å². The number of amides is 3. The number of nitrogens with two attached hydrogens (primary N) is 1. The zero-order valence-corrected chi connectivity index (χ0v) is 17.3. The highest BCUT2D eigenvalue weighted by molar-refractivity contribution is 5.94. The van der Waals surface area contributed by atoms with Crippen LogP contribution in [-0.2, 0) is 25.6 Å². The van der Waals surface area contributed by atoms with Crippen molar-refractivity contribution in [1.82, 2.24) is 16.0 Å². The van der Waals surface area contributed by atoms with Crippen LogP contribution in [0, 0.1) is 5.92 Å². The number of benzene rings is 1. The Balaban J connectivity index is 2.98. The van der Waals surface area contributed by atoms with E-state index in [1.165, 1.54) is 6.92 Å². The van der Waals surface area contributed by atoms with Crippen LogP contribution >= 0.6 is 0 Å². The first-order chi connectivity index (χ1) is 14.1. The molecule has 7 N–H and O–H groups in total. The minimum atomic E-state index is -1.41. The van der Waals surface area contributed by atoms with Gasteiger partial charge in [-0.2, -0.15) is 0 Å². The molecule has 1 aromatic rings. The van der Waals surface area contributed by atoms with E-state index in [9.17, 15) is 29.4 Å². The molecular formula is C20H30N4O6. The van der Waals surface area contributed by atoms with Crippen LogP contribution in [0.1, 0.15) is 26.3 Å². The van der Waals surface area contributed by atoms with E-state index in [0.29, 0.717) is 0 Å². The quantitative estimate of drug-likeness (QED) is 0.259. The Morgan fingerprint density at radius 3 is 1.97 bits per heavy atom. The molecule has 4 atom stereocenters. The SMILES string of the molecule is CC(C)C(NC(=O)C(NC(=O)C(Cc1ccccc1)NC(=O)CN)C(C)O)C(=O)O. The Morgan fingerprint density at radius 1 is 0.933 bits per heavy atom. The zero-order valence-electron chi connectivity index (χ0n) is 17.3. The number of aliphatic hydroxyl groups excluding tert-OH is 1. The van der Waals surface area contributed by atoms with Crippen LogP contribution < -0.4 is 21.7 Å². The predicted octanol–water partition coefficient (Wildman–Crippen LogP) is -1.24. The molecule has 4 unspecified atom stereocenters. The minimum Gasteiger partial charge on any atom is -0.480 e. The largest absolute Gasteiger partial charge is 0.480 e. The van der Waals surface area contributed by atoms with Crippen molar-refractivity contribution in [2.45, 2.75) is 51.4 Å². The Hall–Kier alpha value is -2.98. The standard InChI is InChI=1S/C20H30N4O6/c1-11(2)16(20(29)30)23-19(28)17(12(3)25)24-18(27)14(22-15(26)10-21)9-13-7-5-4-6-8-13/h4-8,11-12,14,16-17,25H,9-10,21H2,1-3H3,(H,22,26)(H,23,28)(H,24,27)(H,29,30). The number of nitrogens with one attached hydrogen (secondary N) is 3. The molecule has 0 heterocycles. The number of carbonyl (C=O) groups is 4. The van der Waals surface area contributed by atoms with Crippen LogP contribution in [0.5, 0.6) is 0 Å². The summed E-state index contributed by atoms with van der Waals surface area (Å²) in [4.78, 5) is 48.4. The molecule has 0 aliphatic carbocycles. The second-order valence-corrected chi connectivity index (χ2v) is 7.31. The van der Waals surface area contributed by atoms with Gasteiger partial charge >= 0.3 is 5.97 Å². The molecule has 0 aromatic heterocycles. The highest BCUT2D eigenvalue weighted by Gasteiger charge is 2.33. The van der Waals surface area contributed by atoms with Crippen LogP contribution in [-0.4, -0.2) is 64.7 Å². The second kappa shape index (κ2) is 11.9. The molecule has 1 rings (SSSR count). The first kappa shape index (κ1) is 25.1. The van der Waals surface area contributed by atoms with Gasteiger partial charge in [0.25, 0.3) is 0 Å². The summed E-state index contributed by atoms with van der Waals surface area (Å²) >= 11 is 0. The molecule has 0 saturated carbocycles. The van der Waals surface area contributed by atoms with E-state index in [-0.39, 0.29) is 13.0 Å². The summed E-state index contributed by atoms with van der Waals surface area (Å²) in [5, 5.41) is 26.5. The maximum Gasteiger partial charge on any atom is 0.326 e. The number of carboxylic acid groups (broad SMARTS) is 1. The molecule has 0 aliphatic rings. The van der Waals surface area contributed by atoms with Gasteiger partial charge in [0.15, 0.2) is 0 Å². The number of aliphatic hydroxyl groups is 1. The van der Waals surface area contributed by atoms with Crippen molar-refractivity contribution in [3.05, 3.63) is 35.9 Å². The Morgan fingerprint density at radius 2 is 1.50 bits per heavy atom. The molecule has 3 amide bonds. The molecule has 0 spiro atoms. The molecule has 0 bridgehead atoms. The third-order valence-corrected chi connectivity index (χ3v) is 4.41. The second-order valence-electron chi connectivity index (χ2n) is 7.31. The van der Waals surface area contributed by atoms with Crippen LogP contribution in [0.3, 0.4) is 0 Å². The summed E-state index contributed by atoms with van der Waals surface area (Å²) < 4.78 is 0. The number of carboxylic acids is 1. The van der Waals surface area contributed by atoms with Crippen LogP contribution in [0.4, 0.5) is 0 Å². The Bertz CT molecular complexity index is 738. The zero-order chi connectivity index (χ0) is 22.8. The summed E-state index contributed by atoms with van der Waals surface area (Å²) in [5.41, 5.74) is 6.08. The summed E-state index contributed by atoms with van der Waals surface area (Å²) in [7, 11) is 0. The lowest BCUT2D eigenvalue weighted by Crippen LogP contribution is -2.60. The van der Waals surface area contributed by atoms with Crippen LogP contribution in [0.2, 0.25) is 0 Å². The summed E-state index contributed by atoms with van der Waals surface area (Å²) in [6.07, 6.45) is -1.17. The third-order valence-electron chi connectivity index (χ3n) is 4.41. The Kier molecular flexibility index (Phi) is 9.93. The van der Waals surface area contributed by atoms with Crippen LogP contribution in [0.25, 0.3) is 0 Å². The molecule has 0 fully saturated rings. The molecule has 0 radical (unpaired) electrons. The number of hydrogen-bond acceptors (Lipinski definition) is 6. The van der Waals surface area contributed by atoms with E-state index < -0.39 is 53.8 Å². The van der Waals surface area contributed by atoms with E-state index in [1.54, 1.807) is 44.2 Å². The molecule has 10 heteroatoms. The lowest BCUT2D eigenvalue weighted by molar-refractivity contribution is -0.144. The minimum absolute atomic E-state index is 0.135. The van der Waals surface area contributed by atoms with Crippen molar-refractivity contribution in [3.8, 4) is 0 Å². The van der Waals surface area contributed by atoms with Crippen molar-refractivity contribution < 1.29 is 29.4 Å². The fraction of sp³-hybridized carbons (Fsp3) is 0.500. The molecule has 0 saturated heterocycles. The van der Waals surface area contributed by atoms with Crippen molar-refractivity contribution >= 4 is 23.7 Å². The van der Waals surface area contributed by atoms with Gasteiger partial charge in [0, 0.05) is 6.42 Å². The van der Waals surface area contributed by atoms with Crippen molar-refractivity contribution in [3.63, 3.8) is 0 Å². The van der Waals surface area contributed by atoms with Gasteiger partial charge in [-0.05, 0) is 18.4 Å². The predicted molar refractivity (Wildman–Crippen MR) is 109 cm³/mol. The summed E-state index contributed by atoms with van der Waals surface area (Å²) in [5.74, 6) is -3.76. The van der Waals surface area contributed by atoms with E-state index in [1.807, 2.05) is 0 Å². The maximum absolute atomic E-state index is 12.8. The molecule has 30 heavy (non-hydrogen) atoms. The lowest BCUT2D eigenvalue weighted by atomic mass is 10.0. The van der Waals surface area contributed by atoms with E-state index in [0.717, 1.165) is 5.56 Å².